The van der Waals surface area contributed by atoms with Gasteiger partial charge in [0.05, 0.1) is 35.3 Å². The summed E-state index contributed by atoms with van der Waals surface area (Å²) in [6.45, 7) is 3.71. The first-order chi connectivity index (χ1) is 16.0. The van der Waals surface area contributed by atoms with Crippen LogP contribution < -0.4 is 4.90 Å². The van der Waals surface area contributed by atoms with Crippen LogP contribution in [-0.4, -0.2) is 61.4 Å². The van der Waals surface area contributed by atoms with Gasteiger partial charge in [-0.25, -0.2) is 13.8 Å². The molecule has 1 atom stereocenters. The van der Waals surface area contributed by atoms with Crippen molar-refractivity contribution in [2.45, 2.75) is 19.4 Å². The molecule has 2 aromatic carbocycles. The van der Waals surface area contributed by atoms with Crippen LogP contribution in [0.2, 0.25) is 0 Å². The lowest BCUT2D eigenvalue weighted by molar-refractivity contribution is 0.0705. The summed E-state index contributed by atoms with van der Waals surface area (Å²) in [5.74, 6) is -1.40. The molecule has 4 aromatic rings. The summed E-state index contributed by atoms with van der Waals surface area (Å²) in [5.41, 5.74) is 1.86. The number of carbonyl (C=O) groups excluding carboxylic acids is 1. The van der Waals surface area contributed by atoms with Crippen LogP contribution in [0, 0.1) is 11.6 Å². The van der Waals surface area contributed by atoms with Gasteiger partial charge in [0.15, 0.2) is 11.6 Å². The van der Waals surface area contributed by atoms with Crippen molar-refractivity contribution in [1.29, 1.82) is 0 Å². The van der Waals surface area contributed by atoms with Crippen molar-refractivity contribution in [3.63, 3.8) is 0 Å². The SMILES string of the molecule is C[C@@H]1CCN(c2cnc3cc(F)c(F)cc3n2)CCN1C(=O)c1cccc(-n2nccn2)c1. The molecular formula is C23H21F2N7O. The minimum Gasteiger partial charge on any atom is -0.353 e. The minimum absolute atomic E-state index is 0.00828. The maximum Gasteiger partial charge on any atom is 0.254 e. The van der Waals surface area contributed by atoms with E-state index in [1.807, 2.05) is 28.9 Å². The van der Waals surface area contributed by atoms with Crippen LogP contribution in [0.5, 0.6) is 0 Å². The number of anilines is 1. The molecule has 2 aromatic heterocycles. The zero-order valence-electron chi connectivity index (χ0n) is 17.9. The first-order valence-electron chi connectivity index (χ1n) is 10.6. The molecule has 0 spiro atoms. The number of benzene rings is 2. The number of halogens is 2. The maximum absolute atomic E-state index is 13.6. The van der Waals surface area contributed by atoms with Crippen LogP contribution in [0.4, 0.5) is 14.6 Å². The number of amides is 1. The molecule has 0 bridgehead atoms. The zero-order chi connectivity index (χ0) is 22.9. The summed E-state index contributed by atoms with van der Waals surface area (Å²) < 4.78 is 27.1. The number of fused-ring (bicyclic) bond motifs is 1. The van der Waals surface area contributed by atoms with E-state index < -0.39 is 11.6 Å². The normalized spacial score (nSPS) is 16.8. The van der Waals surface area contributed by atoms with Crippen LogP contribution in [0.1, 0.15) is 23.7 Å². The minimum atomic E-state index is -0.956. The summed E-state index contributed by atoms with van der Waals surface area (Å²) in [6.07, 6.45) is 5.45. The molecule has 1 aliphatic rings. The van der Waals surface area contributed by atoms with E-state index in [1.54, 1.807) is 30.7 Å². The summed E-state index contributed by atoms with van der Waals surface area (Å²) in [5, 5.41) is 8.24. The predicted molar refractivity (Wildman–Crippen MR) is 118 cm³/mol. The van der Waals surface area contributed by atoms with Gasteiger partial charge in [0, 0.05) is 43.4 Å². The summed E-state index contributed by atoms with van der Waals surface area (Å²) in [7, 11) is 0. The second kappa shape index (κ2) is 8.53. The Labute approximate surface area is 188 Å². The quantitative estimate of drug-likeness (QED) is 0.478. The van der Waals surface area contributed by atoms with Gasteiger partial charge in [-0.15, -0.1) is 0 Å². The van der Waals surface area contributed by atoms with Crippen molar-refractivity contribution in [2.75, 3.05) is 24.5 Å². The highest BCUT2D eigenvalue weighted by atomic mass is 19.2. The lowest BCUT2D eigenvalue weighted by Crippen LogP contribution is -2.40. The van der Waals surface area contributed by atoms with E-state index in [-0.39, 0.29) is 11.9 Å². The first-order valence-corrected chi connectivity index (χ1v) is 10.6. The van der Waals surface area contributed by atoms with E-state index in [9.17, 15) is 13.6 Å². The largest absolute Gasteiger partial charge is 0.353 e. The molecule has 3 heterocycles. The van der Waals surface area contributed by atoms with Gasteiger partial charge in [-0.1, -0.05) is 6.07 Å². The highest BCUT2D eigenvalue weighted by molar-refractivity contribution is 5.95. The molecule has 10 heteroatoms. The molecule has 1 saturated heterocycles. The van der Waals surface area contributed by atoms with Crippen LogP contribution >= 0.6 is 0 Å². The van der Waals surface area contributed by atoms with Gasteiger partial charge in [-0.3, -0.25) is 9.78 Å². The third kappa shape index (κ3) is 4.11. The molecule has 0 aliphatic carbocycles. The monoisotopic (exact) mass is 449 g/mol. The van der Waals surface area contributed by atoms with Crippen LogP contribution in [0.15, 0.2) is 55.0 Å². The fourth-order valence-corrected chi connectivity index (χ4v) is 4.02. The maximum atomic E-state index is 13.6. The fraction of sp³-hybridized carbons (Fsp3) is 0.261. The Morgan fingerprint density at radius 1 is 1.00 bits per heavy atom. The molecule has 0 unspecified atom stereocenters. The molecule has 1 amide bonds. The van der Waals surface area contributed by atoms with Crippen molar-refractivity contribution in [3.8, 4) is 5.69 Å². The lowest BCUT2D eigenvalue weighted by Gasteiger charge is -2.27. The molecule has 168 valence electrons. The number of hydrogen-bond donors (Lipinski definition) is 0. The smallest absolute Gasteiger partial charge is 0.254 e. The number of rotatable bonds is 3. The van der Waals surface area contributed by atoms with Gasteiger partial charge >= 0.3 is 0 Å². The third-order valence-electron chi connectivity index (χ3n) is 5.86. The molecule has 33 heavy (non-hydrogen) atoms. The van der Waals surface area contributed by atoms with E-state index in [4.69, 9.17) is 0 Å². The van der Waals surface area contributed by atoms with Crippen molar-refractivity contribution in [2.24, 2.45) is 0 Å². The second-order valence-corrected chi connectivity index (χ2v) is 7.98. The Bertz CT molecular complexity index is 1310. The average molecular weight is 449 g/mol. The van der Waals surface area contributed by atoms with Gasteiger partial charge in [0.2, 0.25) is 0 Å². The van der Waals surface area contributed by atoms with E-state index in [0.717, 1.165) is 18.6 Å². The average Bonchev–Trinajstić information content (AvgIpc) is 3.29. The second-order valence-electron chi connectivity index (χ2n) is 7.98. The Kier molecular flexibility index (Phi) is 5.41. The van der Waals surface area contributed by atoms with Crippen molar-refractivity contribution in [1.82, 2.24) is 29.9 Å². The standard InChI is InChI=1S/C23H21F2N7O/c1-15-5-8-30(22-14-26-20-12-18(24)19(25)13-21(20)29-22)9-10-31(15)23(33)16-3-2-4-17(11-16)32-27-6-7-28-32/h2-4,6-7,11-15H,5,8-10H2,1H3/t15-/m1/s1. The molecule has 0 radical (unpaired) electrons. The first kappa shape index (κ1) is 20.9. The lowest BCUT2D eigenvalue weighted by atomic mass is 10.1. The Hall–Kier alpha value is -3.95. The number of aromatic nitrogens is 5. The van der Waals surface area contributed by atoms with Gasteiger partial charge < -0.3 is 9.80 Å². The Balaban J connectivity index is 1.36. The van der Waals surface area contributed by atoms with Crippen molar-refractivity contribution in [3.05, 3.63) is 72.2 Å². The molecular weight excluding hydrogens is 428 g/mol. The van der Waals surface area contributed by atoms with Crippen LogP contribution in [-0.2, 0) is 0 Å². The van der Waals surface area contributed by atoms with Crippen molar-refractivity contribution < 1.29 is 13.6 Å². The topological polar surface area (TPSA) is 80.0 Å². The number of carbonyl (C=O) groups is 1. The summed E-state index contributed by atoms with van der Waals surface area (Å²) >= 11 is 0. The molecule has 0 N–H and O–H groups in total. The molecule has 0 saturated carbocycles. The molecule has 1 aliphatic heterocycles. The van der Waals surface area contributed by atoms with Gasteiger partial charge in [0.1, 0.15) is 5.82 Å². The van der Waals surface area contributed by atoms with E-state index in [0.29, 0.717) is 47.7 Å². The molecule has 1 fully saturated rings. The van der Waals surface area contributed by atoms with E-state index >= 15 is 0 Å². The zero-order valence-corrected chi connectivity index (χ0v) is 17.9. The molecule has 5 rings (SSSR count). The number of hydrogen-bond acceptors (Lipinski definition) is 6. The predicted octanol–water partition coefficient (Wildman–Crippen LogP) is 3.23. The molecule has 8 nitrogen and oxygen atoms in total. The summed E-state index contributed by atoms with van der Waals surface area (Å²) in [6, 6.07) is 9.32. The van der Waals surface area contributed by atoms with E-state index in [1.165, 1.54) is 4.80 Å². The third-order valence-corrected chi connectivity index (χ3v) is 5.86. The van der Waals surface area contributed by atoms with Gasteiger partial charge in [0.25, 0.3) is 5.91 Å². The highest BCUT2D eigenvalue weighted by Gasteiger charge is 2.27. The Morgan fingerprint density at radius 3 is 2.55 bits per heavy atom. The van der Waals surface area contributed by atoms with Gasteiger partial charge in [-0.05, 0) is 31.5 Å². The van der Waals surface area contributed by atoms with Crippen LogP contribution in [0.25, 0.3) is 16.7 Å². The summed E-state index contributed by atoms with van der Waals surface area (Å²) in [4.78, 5) is 27.4. The fourth-order valence-electron chi connectivity index (χ4n) is 4.02. The Morgan fingerprint density at radius 2 is 1.76 bits per heavy atom. The number of nitrogens with zero attached hydrogens (tertiary/aromatic N) is 7. The van der Waals surface area contributed by atoms with Gasteiger partial charge in [-0.2, -0.15) is 15.0 Å². The van der Waals surface area contributed by atoms with Crippen molar-refractivity contribution >= 4 is 22.8 Å². The van der Waals surface area contributed by atoms with Crippen LogP contribution in [0.3, 0.4) is 0 Å². The van der Waals surface area contributed by atoms with E-state index in [2.05, 4.69) is 20.2 Å². The highest BCUT2D eigenvalue weighted by Crippen LogP contribution is 2.22.